The zero-order valence-electron chi connectivity index (χ0n) is 13.2. The normalized spacial score (nSPS) is 29.3. The van der Waals surface area contributed by atoms with Gasteiger partial charge in [-0.3, -0.25) is 9.59 Å². The number of benzene rings is 1. The number of methoxy groups -OCH3 is 1. The van der Waals surface area contributed by atoms with Gasteiger partial charge in [-0.25, -0.2) is 0 Å². The molecule has 23 heavy (non-hydrogen) atoms. The molecule has 1 amide bonds. The average Bonchev–Trinajstić information content (AvgIpc) is 3.15. The van der Waals surface area contributed by atoms with Crippen LogP contribution in [0.4, 0.5) is 0 Å². The molecule has 2 N–H and O–H groups in total. The van der Waals surface area contributed by atoms with Gasteiger partial charge < -0.3 is 15.2 Å². The summed E-state index contributed by atoms with van der Waals surface area (Å²) < 4.78 is 5.20. The van der Waals surface area contributed by atoms with E-state index in [2.05, 4.69) is 5.32 Å². The van der Waals surface area contributed by atoms with Crippen LogP contribution in [0.1, 0.15) is 24.9 Å². The van der Waals surface area contributed by atoms with Crippen molar-refractivity contribution in [3.8, 4) is 5.75 Å². The standard InChI is InChI=1S/C18H21NO4/c1-10(11-4-3-5-14(9-11)23-2)19-17(20)15-12-6-7-13(8-12)16(15)18(21)22/h3-7,9-10,12-13,15-16H,8H2,1-2H3,(H,19,20)(H,21,22)/t10-,12-,13-,15-,16-/m0/s1. The first-order chi connectivity index (χ1) is 11.0. The molecule has 2 aliphatic carbocycles. The summed E-state index contributed by atoms with van der Waals surface area (Å²) in [7, 11) is 1.60. The summed E-state index contributed by atoms with van der Waals surface area (Å²) in [5, 5.41) is 12.4. The van der Waals surface area contributed by atoms with E-state index in [0.29, 0.717) is 0 Å². The van der Waals surface area contributed by atoms with Crippen LogP contribution in [-0.2, 0) is 9.59 Å². The fraction of sp³-hybridized carbons (Fsp3) is 0.444. The van der Waals surface area contributed by atoms with E-state index in [1.165, 1.54) is 0 Å². The van der Waals surface area contributed by atoms with Crippen molar-refractivity contribution in [2.24, 2.45) is 23.7 Å². The third-order valence-corrected chi connectivity index (χ3v) is 5.00. The highest BCUT2D eigenvalue weighted by Gasteiger charge is 2.51. The lowest BCUT2D eigenvalue weighted by molar-refractivity contribution is -0.148. The van der Waals surface area contributed by atoms with Crippen LogP contribution in [0, 0.1) is 23.7 Å². The Bertz CT molecular complexity index is 654. The van der Waals surface area contributed by atoms with Crippen LogP contribution in [0.3, 0.4) is 0 Å². The predicted molar refractivity (Wildman–Crippen MR) is 84.9 cm³/mol. The number of carbonyl (C=O) groups excluding carboxylic acids is 1. The van der Waals surface area contributed by atoms with Crippen LogP contribution >= 0.6 is 0 Å². The number of nitrogens with one attached hydrogen (secondary N) is 1. The molecule has 1 aromatic carbocycles. The number of carboxylic acids is 1. The molecule has 5 atom stereocenters. The summed E-state index contributed by atoms with van der Waals surface area (Å²) in [6.45, 7) is 1.89. The number of rotatable bonds is 5. The van der Waals surface area contributed by atoms with Gasteiger partial charge in [-0.15, -0.1) is 0 Å². The number of hydrogen-bond acceptors (Lipinski definition) is 3. The fourth-order valence-corrected chi connectivity index (χ4v) is 3.82. The van der Waals surface area contributed by atoms with Gasteiger partial charge in [0.2, 0.25) is 5.91 Å². The number of carboxylic acid groups (broad SMARTS) is 1. The summed E-state index contributed by atoms with van der Waals surface area (Å²) in [5.74, 6) is -1.38. The summed E-state index contributed by atoms with van der Waals surface area (Å²) in [6, 6.07) is 7.31. The van der Waals surface area contributed by atoms with Gasteiger partial charge in [-0.2, -0.15) is 0 Å². The second-order valence-corrected chi connectivity index (χ2v) is 6.35. The molecule has 0 aliphatic heterocycles. The van der Waals surface area contributed by atoms with Crippen LogP contribution in [0.25, 0.3) is 0 Å². The second kappa shape index (κ2) is 6.07. The number of amides is 1. The SMILES string of the molecule is COc1cccc([C@H](C)NC(=O)[C@@H]2[C@@H](C(=O)O)[C@H]3C=C[C@H]2C3)c1. The third-order valence-electron chi connectivity index (χ3n) is 5.00. The smallest absolute Gasteiger partial charge is 0.307 e. The Kier molecular flexibility index (Phi) is 4.11. The van der Waals surface area contributed by atoms with Crippen molar-refractivity contribution in [2.75, 3.05) is 7.11 Å². The molecule has 0 saturated heterocycles. The number of carbonyl (C=O) groups is 2. The molecule has 0 unspecified atom stereocenters. The highest BCUT2D eigenvalue weighted by atomic mass is 16.5. The van der Waals surface area contributed by atoms with Crippen LogP contribution < -0.4 is 10.1 Å². The van der Waals surface area contributed by atoms with Crippen LogP contribution in [0.15, 0.2) is 36.4 Å². The van der Waals surface area contributed by atoms with E-state index < -0.39 is 17.8 Å². The first kappa shape index (κ1) is 15.6. The Morgan fingerprint density at radius 2 is 1.96 bits per heavy atom. The zero-order valence-corrected chi connectivity index (χ0v) is 13.2. The minimum Gasteiger partial charge on any atom is -0.497 e. The van der Waals surface area contributed by atoms with Gasteiger partial charge in [0.25, 0.3) is 0 Å². The van der Waals surface area contributed by atoms with E-state index in [-0.39, 0.29) is 23.8 Å². The van der Waals surface area contributed by atoms with Crippen molar-refractivity contribution in [2.45, 2.75) is 19.4 Å². The first-order valence-corrected chi connectivity index (χ1v) is 7.86. The van der Waals surface area contributed by atoms with Crippen LogP contribution in [0.2, 0.25) is 0 Å². The lowest BCUT2D eigenvalue weighted by atomic mass is 9.82. The van der Waals surface area contributed by atoms with Gasteiger partial charge in [0, 0.05) is 0 Å². The quantitative estimate of drug-likeness (QED) is 0.818. The largest absolute Gasteiger partial charge is 0.497 e. The van der Waals surface area contributed by atoms with E-state index in [1.807, 2.05) is 43.3 Å². The monoisotopic (exact) mass is 315 g/mol. The molecule has 1 fully saturated rings. The van der Waals surface area contributed by atoms with Crippen LogP contribution in [0.5, 0.6) is 5.75 Å². The first-order valence-electron chi connectivity index (χ1n) is 7.86. The zero-order chi connectivity index (χ0) is 16.6. The number of fused-ring (bicyclic) bond motifs is 2. The summed E-state index contributed by atoms with van der Waals surface area (Å²) in [4.78, 5) is 24.2. The van der Waals surface area contributed by atoms with Crippen molar-refractivity contribution < 1.29 is 19.4 Å². The number of aliphatic carboxylic acids is 1. The maximum absolute atomic E-state index is 12.6. The maximum atomic E-state index is 12.6. The van der Waals surface area contributed by atoms with Gasteiger partial charge in [0.1, 0.15) is 5.75 Å². The topological polar surface area (TPSA) is 75.6 Å². The predicted octanol–water partition coefficient (Wildman–Crippen LogP) is 2.40. The number of ether oxygens (including phenoxy) is 1. The molecule has 2 bridgehead atoms. The molecular weight excluding hydrogens is 294 g/mol. The Hall–Kier alpha value is -2.30. The minimum absolute atomic E-state index is 0.0135. The fourth-order valence-electron chi connectivity index (χ4n) is 3.82. The minimum atomic E-state index is -0.879. The lowest BCUT2D eigenvalue weighted by Crippen LogP contribution is -2.41. The highest BCUT2D eigenvalue weighted by Crippen LogP contribution is 2.48. The Labute approximate surface area is 135 Å². The molecule has 0 heterocycles. The second-order valence-electron chi connectivity index (χ2n) is 6.35. The maximum Gasteiger partial charge on any atom is 0.307 e. The summed E-state index contributed by atoms with van der Waals surface area (Å²) in [6.07, 6.45) is 4.70. The molecule has 5 nitrogen and oxygen atoms in total. The van der Waals surface area contributed by atoms with Crippen molar-refractivity contribution in [1.29, 1.82) is 0 Å². The van der Waals surface area contributed by atoms with Gasteiger partial charge in [-0.1, -0.05) is 24.3 Å². The third kappa shape index (κ3) is 2.83. The molecule has 1 saturated carbocycles. The van der Waals surface area contributed by atoms with Crippen molar-refractivity contribution in [3.63, 3.8) is 0 Å². The van der Waals surface area contributed by atoms with Crippen molar-refractivity contribution in [3.05, 3.63) is 42.0 Å². The molecule has 5 heteroatoms. The average molecular weight is 315 g/mol. The van der Waals surface area contributed by atoms with E-state index >= 15 is 0 Å². The van der Waals surface area contributed by atoms with Crippen molar-refractivity contribution >= 4 is 11.9 Å². The molecular formula is C18H21NO4. The summed E-state index contributed by atoms with van der Waals surface area (Å²) >= 11 is 0. The van der Waals surface area contributed by atoms with Gasteiger partial charge in [0.15, 0.2) is 0 Å². The molecule has 0 spiro atoms. The van der Waals surface area contributed by atoms with E-state index in [9.17, 15) is 14.7 Å². The van der Waals surface area contributed by atoms with E-state index in [0.717, 1.165) is 17.7 Å². The van der Waals surface area contributed by atoms with E-state index in [4.69, 9.17) is 4.74 Å². The van der Waals surface area contributed by atoms with Gasteiger partial charge >= 0.3 is 5.97 Å². The Balaban J connectivity index is 1.73. The van der Waals surface area contributed by atoms with E-state index in [1.54, 1.807) is 7.11 Å². The number of allylic oxidation sites excluding steroid dienone is 2. The molecule has 1 aromatic rings. The lowest BCUT2D eigenvalue weighted by Gasteiger charge is -2.26. The Morgan fingerprint density at radius 3 is 2.61 bits per heavy atom. The molecule has 3 rings (SSSR count). The molecule has 122 valence electrons. The van der Waals surface area contributed by atoms with Gasteiger partial charge in [-0.05, 0) is 42.9 Å². The molecule has 0 radical (unpaired) electrons. The Morgan fingerprint density at radius 1 is 1.26 bits per heavy atom. The van der Waals surface area contributed by atoms with Crippen molar-refractivity contribution in [1.82, 2.24) is 5.32 Å². The van der Waals surface area contributed by atoms with Gasteiger partial charge in [0.05, 0.1) is 25.0 Å². The molecule has 2 aliphatic rings. The van der Waals surface area contributed by atoms with Crippen LogP contribution in [-0.4, -0.2) is 24.1 Å². The molecule has 0 aromatic heterocycles. The number of hydrogen-bond donors (Lipinski definition) is 2. The highest BCUT2D eigenvalue weighted by molar-refractivity contribution is 5.87. The summed E-state index contributed by atoms with van der Waals surface area (Å²) in [5.41, 5.74) is 0.934.